The van der Waals surface area contributed by atoms with Gasteiger partial charge in [-0.15, -0.1) is 0 Å². The van der Waals surface area contributed by atoms with Crippen LogP contribution < -0.4 is 10.1 Å². The Morgan fingerprint density at radius 2 is 1.88 bits per heavy atom. The molecular formula is C12H14F3NO. The van der Waals surface area contributed by atoms with Gasteiger partial charge in [-0.2, -0.15) is 0 Å². The van der Waals surface area contributed by atoms with Crippen molar-refractivity contribution in [3.63, 3.8) is 0 Å². The van der Waals surface area contributed by atoms with Crippen LogP contribution in [0.3, 0.4) is 0 Å². The van der Waals surface area contributed by atoms with Gasteiger partial charge in [0.2, 0.25) is 0 Å². The van der Waals surface area contributed by atoms with E-state index in [1.54, 1.807) is 0 Å². The van der Waals surface area contributed by atoms with Crippen LogP contribution in [0.5, 0.6) is 5.75 Å². The molecule has 5 heteroatoms. The molecule has 17 heavy (non-hydrogen) atoms. The Kier molecular flexibility index (Phi) is 3.89. The highest BCUT2D eigenvalue weighted by molar-refractivity contribution is 5.31. The molecule has 1 aromatic rings. The van der Waals surface area contributed by atoms with E-state index >= 15 is 0 Å². The lowest BCUT2D eigenvalue weighted by Gasteiger charge is -2.09. The zero-order chi connectivity index (χ0) is 12.3. The summed E-state index contributed by atoms with van der Waals surface area (Å²) in [5, 5.41) is 3.16. The molecule has 0 radical (unpaired) electrons. The molecule has 1 saturated carbocycles. The SMILES string of the molecule is FCCOc1c(F)cc(CNC2CC2)cc1F. The minimum Gasteiger partial charge on any atom is -0.485 e. The lowest BCUT2D eigenvalue weighted by atomic mass is 10.2. The van der Waals surface area contributed by atoms with Crippen molar-refractivity contribution < 1.29 is 17.9 Å². The zero-order valence-corrected chi connectivity index (χ0v) is 9.31. The average molecular weight is 245 g/mol. The van der Waals surface area contributed by atoms with Gasteiger partial charge in [0.25, 0.3) is 0 Å². The maximum Gasteiger partial charge on any atom is 0.190 e. The number of nitrogens with one attached hydrogen (secondary N) is 1. The first kappa shape index (κ1) is 12.2. The summed E-state index contributed by atoms with van der Waals surface area (Å²) >= 11 is 0. The van der Waals surface area contributed by atoms with Gasteiger partial charge in [-0.05, 0) is 30.5 Å². The monoisotopic (exact) mass is 245 g/mol. The normalized spacial score (nSPS) is 15.0. The summed E-state index contributed by atoms with van der Waals surface area (Å²) in [5.41, 5.74) is 0.527. The number of ether oxygens (including phenoxy) is 1. The summed E-state index contributed by atoms with van der Waals surface area (Å²) in [6.45, 7) is -0.681. The summed E-state index contributed by atoms with van der Waals surface area (Å²) in [6.07, 6.45) is 2.23. The Hall–Kier alpha value is -1.23. The zero-order valence-electron chi connectivity index (χ0n) is 9.31. The molecule has 0 heterocycles. The second-order valence-corrected chi connectivity index (χ2v) is 4.08. The molecule has 0 aliphatic heterocycles. The molecule has 0 unspecified atom stereocenters. The molecule has 1 aliphatic rings. The lowest BCUT2D eigenvalue weighted by Crippen LogP contribution is -2.15. The molecule has 1 aromatic carbocycles. The number of rotatable bonds is 6. The van der Waals surface area contributed by atoms with Crippen LogP contribution in [0.4, 0.5) is 13.2 Å². The van der Waals surface area contributed by atoms with E-state index in [-0.39, 0.29) is 6.61 Å². The van der Waals surface area contributed by atoms with Crippen molar-refractivity contribution in [1.29, 1.82) is 0 Å². The molecule has 0 amide bonds. The van der Waals surface area contributed by atoms with E-state index in [1.165, 1.54) is 12.1 Å². The smallest absolute Gasteiger partial charge is 0.190 e. The van der Waals surface area contributed by atoms with E-state index in [0.717, 1.165) is 12.8 Å². The van der Waals surface area contributed by atoms with E-state index < -0.39 is 24.1 Å². The number of benzene rings is 1. The molecule has 0 saturated heterocycles. The minimum atomic E-state index is -0.786. The van der Waals surface area contributed by atoms with Crippen LogP contribution in [-0.2, 0) is 6.54 Å². The van der Waals surface area contributed by atoms with Crippen molar-refractivity contribution in [3.05, 3.63) is 29.3 Å². The summed E-state index contributed by atoms with van der Waals surface area (Å²) in [6, 6.07) is 2.90. The molecule has 2 nitrogen and oxygen atoms in total. The van der Waals surface area contributed by atoms with Crippen LogP contribution in [0.1, 0.15) is 18.4 Å². The van der Waals surface area contributed by atoms with Crippen LogP contribution in [0, 0.1) is 11.6 Å². The Morgan fingerprint density at radius 1 is 1.24 bits per heavy atom. The molecule has 2 rings (SSSR count). The summed E-state index contributed by atoms with van der Waals surface area (Å²) in [7, 11) is 0. The Balaban J connectivity index is 2.03. The molecule has 0 spiro atoms. The number of hydrogen-bond donors (Lipinski definition) is 1. The van der Waals surface area contributed by atoms with Gasteiger partial charge in [0, 0.05) is 12.6 Å². The van der Waals surface area contributed by atoms with Crippen molar-refractivity contribution in [2.24, 2.45) is 0 Å². The van der Waals surface area contributed by atoms with E-state index in [4.69, 9.17) is 0 Å². The van der Waals surface area contributed by atoms with E-state index in [1.807, 2.05) is 0 Å². The third kappa shape index (κ3) is 3.36. The van der Waals surface area contributed by atoms with Gasteiger partial charge in [-0.3, -0.25) is 0 Å². The third-order valence-electron chi connectivity index (χ3n) is 2.55. The van der Waals surface area contributed by atoms with E-state index in [2.05, 4.69) is 10.1 Å². The highest BCUT2D eigenvalue weighted by atomic mass is 19.1. The minimum absolute atomic E-state index is 0.340. The second-order valence-electron chi connectivity index (χ2n) is 4.08. The van der Waals surface area contributed by atoms with Crippen molar-refractivity contribution >= 4 is 0 Å². The molecule has 94 valence electrons. The highest BCUT2D eigenvalue weighted by Crippen LogP contribution is 2.24. The Bertz CT molecular complexity index is 370. The van der Waals surface area contributed by atoms with Gasteiger partial charge >= 0.3 is 0 Å². The first-order valence-corrected chi connectivity index (χ1v) is 5.61. The molecule has 0 atom stereocenters. The third-order valence-corrected chi connectivity index (χ3v) is 2.55. The highest BCUT2D eigenvalue weighted by Gasteiger charge is 2.20. The van der Waals surface area contributed by atoms with Gasteiger partial charge in [-0.1, -0.05) is 0 Å². The predicted octanol–water partition coefficient (Wildman–Crippen LogP) is 2.57. The molecule has 0 aromatic heterocycles. The average Bonchev–Trinajstić information content (AvgIpc) is 3.09. The second kappa shape index (κ2) is 5.40. The largest absolute Gasteiger partial charge is 0.485 e. The molecule has 1 fully saturated rings. The topological polar surface area (TPSA) is 21.3 Å². The fourth-order valence-electron chi connectivity index (χ4n) is 1.54. The van der Waals surface area contributed by atoms with Crippen LogP contribution in [0.25, 0.3) is 0 Å². The van der Waals surface area contributed by atoms with Crippen LogP contribution in [-0.4, -0.2) is 19.3 Å². The fraction of sp³-hybridized carbons (Fsp3) is 0.500. The van der Waals surface area contributed by atoms with Crippen molar-refractivity contribution in [1.82, 2.24) is 5.32 Å². The summed E-state index contributed by atoms with van der Waals surface area (Å²) < 4.78 is 43.4. The van der Waals surface area contributed by atoms with Gasteiger partial charge < -0.3 is 10.1 Å². The number of alkyl halides is 1. The van der Waals surface area contributed by atoms with Crippen molar-refractivity contribution in [2.75, 3.05) is 13.3 Å². The van der Waals surface area contributed by atoms with Crippen LogP contribution in [0.15, 0.2) is 12.1 Å². The molecule has 1 aliphatic carbocycles. The standard InChI is InChI=1S/C12H14F3NO/c13-3-4-17-12-10(14)5-8(6-11(12)15)7-16-9-1-2-9/h5-6,9,16H,1-4,7H2. The lowest BCUT2D eigenvalue weighted by molar-refractivity contribution is 0.251. The van der Waals surface area contributed by atoms with Gasteiger partial charge in [0.15, 0.2) is 17.4 Å². The van der Waals surface area contributed by atoms with Gasteiger partial charge in [0.05, 0.1) is 0 Å². The fourth-order valence-corrected chi connectivity index (χ4v) is 1.54. The van der Waals surface area contributed by atoms with E-state index in [9.17, 15) is 13.2 Å². The molecular weight excluding hydrogens is 231 g/mol. The first-order valence-electron chi connectivity index (χ1n) is 5.61. The van der Waals surface area contributed by atoms with E-state index in [0.29, 0.717) is 18.2 Å². The Morgan fingerprint density at radius 3 is 2.41 bits per heavy atom. The predicted molar refractivity (Wildman–Crippen MR) is 57.7 cm³/mol. The molecule has 0 bridgehead atoms. The van der Waals surface area contributed by atoms with Crippen LogP contribution >= 0.6 is 0 Å². The molecule has 1 N–H and O–H groups in total. The first-order chi connectivity index (χ1) is 8.20. The number of halogens is 3. The summed E-state index contributed by atoms with van der Waals surface area (Å²) in [5.74, 6) is -2.07. The maximum absolute atomic E-state index is 13.5. The quantitative estimate of drug-likeness (QED) is 0.831. The maximum atomic E-state index is 13.5. The van der Waals surface area contributed by atoms with Crippen LogP contribution in [0.2, 0.25) is 0 Å². The Labute approximate surface area is 97.8 Å². The van der Waals surface area contributed by atoms with Gasteiger partial charge in [-0.25, -0.2) is 13.2 Å². The van der Waals surface area contributed by atoms with Crippen molar-refractivity contribution in [2.45, 2.75) is 25.4 Å². The summed E-state index contributed by atoms with van der Waals surface area (Å²) in [4.78, 5) is 0. The van der Waals surface area contributed by atoms with Gasteiger partial charge in [0.1, 0.15) is 13.3 Å². The number of hydrogen-bond acceptors (Lipinski definition) is 2. The van der Waals surface area contributed by atoms with Crippen molar-refractivity contribution in [3.8, 4) is 5.75 Å².